The van der Waals surface area contributed by atoms with Crippen LogP contribution in [0.4, 0.5) is 0 Å². The molecule has 4 aliphatic rings. The van der Waals surface area contributed by atoms with Gasteiger partial charge in [-0.15, -0.1) is 0 Å². The Morgan fingerprint density at radius 1 is 1.00 bits per heavy atom. The van der Waals surface area contributed by atoms with Gasteiger partial charge in [-0.25, -0.2) is 9.97 Å². The number of aryl methyl sites for hydroxylation is 1. The highest BCUT2D eigenvalue weighted by molar-refractivity contribution is 6.05. The van der Waals surface area contributed by atoms with Gasteiger partial charge in [0.2, 0.25) is 11.8 Å². The summed E-state index contributed by atoms with van der Waals surface area (Å²) in [4.78, 5) is 46.1. The first kappa shape index (κ1) is 24.4. The molecular weight excluding hydrogens is 458 g/mol. The molecule has 1 saturated carbocycles. The lowest BCUT2D eigenvalue weighted by Crippen LogP contribution is -2.52. The van der Waals surface area contributed by atoms with Crippen molar-refractivity contribution in [1.82, 2.24) is 25.5 Å². The molecule has 0 bridgehead atoms. The lowest BCUT2D eigenvalue weighted by atomic mass is 9.98. The molecule has 4 heterocycles. The molecule has 36 heavy (non-hydrogen) atoms. The van der Waals surface area contributed by atoms with Gasteiger partial charge in [0.15, 0.2) is 0 Å². The molecule has 2 saturated heterocycles. The first-order valence-corrected chi connectivity index (χ1v) is 12.9. The summed E-state index contributed by atoms with van der Waals surface area (Å²) in [5.41, 5.74) is 2.64. The standard InChI is InChI=1S/C19H22N2O4.C8H11N3/c22-17-9-8-16(18(23)20-17)21-11-12-10-14(6-7-15(12)19(21)24)25-13-4-2-1-3-5-13;1-6-2-10-8(11-3-6)7-4-9-5-7/h6-7,10,13,16H,1-5,8-9,11H2,(H,20,22,23);2-3,7,9H,4-5H2,1H3. The average Bonchev–Trinajstić information content (AvgIpc) is 3.16. The number of fused-ring (bicyclic) bond motifs is 1. The monoisotopic (exact) mass is 491 g/mol. The van der Waals surface area contributed by atoms with Crippen LogP contribution in [0.1, 0.15) is 78.2 Å². The van der Waals surface area contributed by atoms with Crippen molar-refractivity contribution in [3.8, 4) is 5.75 Å². The zero-order chi connectivity index (χ0) is 25.1. The van der Waals surface area contributed by atoms with E-state index >= 15 is 0 Å². The number of hydrogen-bond donors (Lipinski definition) is 2. The van der Waals surface area contributed by atoms with Crippen molar-refractivity contribution in [1.29, 1.82) is 0 Å². The Labute approximate surface area is 211 Å². The SMILES string of the molecule is Cc1cnc(C2CNC2)nc1.O=C1CCC(N2Cc3cc(OC4CCCCC4)ccc3C2=O)C(=O)N1. The van der Waals surface area contributed by atoms with Gasteiger partial charge in [-0.2, -0.15) is 0 Å². The molecule has 0 spiro atoms. The summed E-state index contributed by atoms with van der Waals surface area (Å²) in [6.07, 6.45) is 10.5. The number of carbonyl (C=O) groups excluding carboxylic acids is 3. The summed E-state index contributed by atoms with van der Waals surface area (Å²) in [7, 11) is 0. The molecule has 9 heteroatoms. The number of benzene rings is 1. The third-order valence-corrected chi connectivity index (χ3v) is 7.30. The van der Waals surface area contributed by atoms with Crippen LogP contribution in [0.3, 0.4) is 0 Å². The zero-order valence-electron chi connectivity index (χ0n) is 20.7. The van der Waals surface area contributed by atoms with E-state index in [0.29, 0.717) is 24.4 Å². The number of nitrogens with zero attached hydrogens (tertiary/aromatic N) is 3. The average molecular weight is 492 g/mol. The van der Waals surface area contributed by atoms with E-state index in [1.165, 1.54) is 19.3 Å². The van der Waals surface area contributed by atoms with E-state index in [1.54, 1.807) is 11.0 Å². The van der Waals surface area contributed by atoms with E-state index in [-0.39, 0.29) is 30.2 Å². The van der Waals surface area contributed by atoms with Gasteiger partial charge in [0.1, 0.15) is 17.6 Å². The highest BCUT2D eigenvalue weighted by Crippen LogP contribution is 2.31. The van der Waals surface area contributed by atoms with Crippen LogP contribution in [0.15, 0.2) is 30.6 Å². The van der Waals surface area contributed by atoms with Crippen molar-refractivity contribution < 1.29 is 19.1 Å². The van der Waals surface area contributed by atoms with E-state index in [4.69, 9.17) is 4.74 Å². The molecule has 190 valence electrons. The number of carbonyl (C=O) groups is 3. The van der Waals surface area contributed by atoms with Crippen LogP contribution < -0.4 is 15.4 Å². The van der Waals surface area contributed by atoms with Gasteiger partial charge in [-0.3, -0.25) is 19.7 Å². The van der Waals surface area contributed by atoms with Gasteiger partial charge in [-0.1, -0.05) is 6.42 Å². The summed E-state index contributed by atoms with van der Waals surface area (Å²) in [5, 5.41) is 5.52. The number of imide groups is 1. The molecule has 3 amide bonds. The minimum absolute atomic E-state index is 0.145. The Morgan fingerprint density at radius 2 is 1.75 bits per heavy atom. The first-order chi connectivity index (χ1) is 17.5. The fraction of sp³-hybridized carbons (Fsp3) is 0.519. The van der Waals surface area contributed by atoms with Crippen LogP contribution >= 0.6 is 0 Å². The normalized spacial score (nSPS) is 22.3. The highest BCUT2D eigenvalue weighted by Gasteiger charge is 2.39. The molecule has 9 nitrogen and oxygen atoms in total. The maximum atomic E-state index is 12.6. The molecule has 1 aliphatic carbocycles. The summed E-state index contributed by atoms with van der Waals surface area (Å²) in [6.45, 7) is 4.46. The smallest absolute Gasteiger partial charge is 0.255 e. The van der Waals surface area contributed by atoms with E-state index in [1.807, 2.05) is 31.5 Å². The zero-order valence-corrected chi connectivity index (χ0v) is 20.7. The van der Waals surface area contributed by atoms with Crippen molar-refractivity contribution in [2.45, 2.75) is 76.5 Å². The van der Waals surface area contributed by atoms with Crippen LogP contribution in [0, 0.1) is 6.92 Å². The Kier molecular flexibility index (Phi) is 7.27. The number of amides is 3. The molecule has 3 fully saturated rings. The van der Waals surface area contributed by atoms with Crippen LogP contribution in [-0.4, -0.2) is 57.8 Å². The number of piperidine rings is 1. The van der Waals surface area contributed by atoms with Crippen LogP contribution in [0.5, 0.6) is 5.75 Å². The molecule has 1 unspecified atom stereocenters. The lowest BCUT2D eigenvalue weighted by molar-refractivity contribution is -0.136. The van der Waals surface area contributed by atoms with Gasteiger partial charge in [0, 0.05) is 49.9 Å². The molecule has 6 rings (SSSR count). The largest absolute Gasteiger partial charge is 0.490 e. The van der Waals surface area contributed by atoms with Crippen molar-refractivity contribution in [2.75, 3.05) is 13.1 Å². The van der Waals surface area contributed by atoms with Crippen molar-refractivity contribution in [3.63, 3.8) is 0 Å². The summed E-state index contributed by atoms with van der Waals surface area (Å²) in [5.74, 6) is 1.53. The molecule has 1 aromatic carbocycles. The maximum absolute atomic E-state index is 12.6. The Morgan fingerprint density at radius 3 is 2.42 bits per heavy atom. The Balaban J connectivity index is 0.000000202. The number of hydrogen-bond acceptors (Lipinski definition) is 7. The number of nitrogens with one attached hydrogen (secondary N) is 2. The van der Waals surface area contributed by atoms with E-state index in [9.17, 15) is 14.4 Å². The van der Waals surface area contributed by atoms with Gasteiger partial charge in [-0.05, 0) is 68.4 Å². The molecule has 2 N–H and O–H groups in total. The van der Waals surface area contributed by atoms with E-state index in [0.717, 1.165) is 48.6 Å². The molecular formula is C27H33N5O4. The minimum Gasteiger partial charge on any atom is -0.490 e. The molecule has 2 aromatic rings. The molecule has 3 aliphatic heterocycles. The lowest BCUT2D eigenvalue weighted by Gasteiger charge is -2.29. The summed E-state index contributed by atoms with van der Waals surface area (Å²) < 4.78 is 6.08. The van der Waals surface area contributed by atoms with Gasteiger partial charge in [0.25, 0.3) is 5.91 Å². The van der Waals surface area contributed by atoms with Crippen molar-refractivity contribution in [3.05, 3.63) is 53.1 Å². The summed E-state index contributed by atoms with van der Waals surface area (Å²) >= 11 is 0. The molecule has 1 aromatic heterocycles. The second-order valence-electron chi connectivity index (χ2n) is 10.1. The highest BCUT2D eigenvalue weighted by atomic mass is 16.5. The van der Waals surface area contributed by atoms with Gasteiger partial charge < -0.3 is 15.0 Å². The quantitative estimate of drug-likeness (QED) is 0.632. The number of rotatable bonds is 4. The predicted molar refractivity (Wildman–Crippen MR) is 132 cm³/mol. The maximum Gasteiger partial charge on any atom is 0.255 e. The van der Waals surface area contributed by atoms with E-state index < -0.39 is 6.04 Å². The Bertz CT molecular complexity index is 1130. The minimum atomic E-state index is -0.569. The van der Waals surface area contributed by atoms with Crippen LogP contribution in [0.25, 0.3) is 0 Å². The van der Waals surface area contributed by atoms with Gasteiger partial charge >= 0.3 is 0 Å². The topological polar surface area (TPSA) is 114 Å². The molecule has 0 radical (unpaired) electrons. The van der Waals surface area contributed by atoms with Crippen molar-refractivity contribution >= 4 is 17.7 Å². The second kappa shape index (κ2) is 10.7. The second-order valence-corrected chi connectivity index (χ2v) is 10.1. The third-order valence-electron chi connectivity index (χ3n) is 7.30. The van der Waals surface area contributed by atoms with E-state index in [2.05, 4.69) is 20.6 Å². The number of aromatic nitrogens is 2. The van der Waals surface area contributed by atoms with Crippen molar-refractivity contribution in [2.24, 2.45) is 0 Å². The number of ether oxygens (including phenoxy) is 1. The fourth-order valence-electron chi connectivity index (χ4n) is 5.08. The molecule has 1 atom stereocenters. The van der Waals surface area contributed by atoms with Crippen LogP contribution in [-0.2, 0) is 16.1 Å². The Hall–Kier alpha value is -3.33. The first-order valence-electron chi connectivity index (χ1n) is 12.9. The summed E-state index contributed by atoms with van der Waals surface area (Å²) in [6, 6.07) is 5.00. The fourth-order valence-corrected chi connectivity index (χ4v) is 5.08. The van der Waals surface area contributed by atoms with Crippen LogP contribution in [0.2, 0.25) is 0 Å². The predicted octanol–water partition coefficient (Wildman–Crippen LogP) is 2.63. The van der Waals surface area contributed by atoms with Gasteiger partial charge in [0.05, 0.1) is 6.10 Å². The third kappa shape index (κ3) is 5.41.